The maximum absolute atomic E-state index is 11.8. The van der Waals surface area contributed by atoms with Crippen LogP contribution in [0.2, 0.25) is 0 Å². The second-order valence-corrected chi connectivity index (χ2v) is 7.30. The van der Waals surface area contributed by atoms with Crippen molar-refractivity contribution < 1.29 is 14.3 Å². The van der Waals surface area contributed by atoms with E-state index in [0.717, 1.165) is 3.79 Å². The lowest BCUT2D eigenvalue weighted by Gasteiger charge is -2.22. The summed E-state index contributed by atoms with van der Waals surface area (Å²) >= 11 is 4.60. The zero-order chi connectivity index (χ0) is 13.9. The van der Waals surface area contributed by atoms with E-state index in [1.54, 1.807) is 39.8 Å². The lowest BCUT2D eigenvalue weighted by Crippen LogP contribution is -2.41. The van der Waals surface area contributed by atoms with Gasteiger partial charge in [0.2, 0.25) is 0 Å². The fourth-order valence-corrected chi connectivity index (χ4v) is 2.44. The molecule has 0 aliphatic rings. The molecule has 0 saturated carbocycles. The van der Waals surface area contributed by atoms with E-state index >= 15 is 0 Å². The summed E-state index contributed by atoms with van der Waals surface area (Å²) in [5, 5.41) is 2.61. The molecule has 4 nitrogen and oxygen atoms in total. The minimum absolute atomic E-state index is 0.274. The van der Waals surface area contributed by atoms with Crippen molar-refractivity contribution in [2.75, 3.05) is 0 Å². The Kier molecular flexibility index (Phi) is 4.92. The van der Waals surface area contributed by atoms with Crippen molar-refractivity contribution in [2.24, 2.45) is 0 Å². The van der Waals surface area contributed by atoms with Crippen LogP contribution in [-0.4, -0.2) is 23.5 Å². The van der Waals surface area contributed by atoms with Crippen molar-refractivity contribution in [1.29, 1.82) is 0 Å². The minimum atomic E-state index is -0.669. The number of amides is 1. The van der Waals surface area contributed by atoms with Gasteiger partial charge < -0.3 is 10.1 Å². The molecule has 0 aromatic carbocycles. The molecule has 1 amide bonds. The van der Waals surface area contributed by atoms with Crippen LogP contribution in [-0.2, 0) is 9.53 Å². The van der Waals surface area contributed by atoms with Gasteiger partial charge in [0.25, 0.3) is 5.91 Å². The number of carbonyl (C=O) groups excluding carboxylic acids is 2. The average molecular weight is 334 g/mol. The Bertz CT molecular complexity index is 450. The van der Waals surface area contributed by atoms with Crippen molar-refractivity contribution in [3.05, 3.63) is 20.8 Å². The van der Waals surface area contributed by atoms with E-state index in [2.05, 4.69) is 21.2 Å². The molecule has 1 heterocycles. The van der Waals surface area contributed by atoms with Gasteiger partial charge >= 0.3 is 5.97 Å². The molecular weight excluding hydrogens is 318 g/mol. The number of hydrogen-bond acceptors (Lipinski definition) is 4. The zero-order valence-corrected chi connectivity index (χ0v) is 13.1. The molecule has 0 spiro atoms. The summed E-state index contributed by atoms with van der Waals surface area (Å²) in [4.78, 5) is 24.1. The second kappa shape index (κ2) is 5.84. The van der Waals surface area contributed by atoms with Crippen LogP contribution in [0.5, 0.6) is 0 Å². The Morgan fingerprint density at radius 2 is 2.00 bits per heavy atom. The molecule has 1 N–H and O–H groups in total. The Hall–Kier alpha value is -0.880. The summed E-state index contributed by atoms with van der Waals surface area (Å²) < 4.78 is 6.05. The van der Waals surface area contributed by atoms with Crippen LogP contribution in [0.3, 0.4) is 0 Å². The highest BCUT2D eigenvalue weighted by molar-refractivity contribution is 9.11. The van der Waals surface area contributed by atoms with Crippen LogP contribution in [0.25, 0.3) is 0 Å². The smallest absolute Gasteiger partial charge is 0.328 e. The summed E-state index contributed by atoms with van der Waals surface area (Å²) in [5.74, 6) is -0.712. The first-order valence-electron chi connectivity index (χ1n) is 5.48. The predicted molar refractivity (Wildman–Crippen MR) is 74.8 cm³/mol. The number of esters is 1. The maximum Gasteiger partial charge on any atom is 0.328 e. The van der Waals surface area contributed by atoms with E-state index in [4.69, 9.17) is 4.74 Å². The number of halogens is 1. The lowest BCUT2D eigenvalue weighted by molar-refractivity contribution is -0.156. The van der Waals surface area contributed by atoms with Crippen molar-refractivity contribution in [3.8, 4) is 0 Å². The summed E-state index contributed by atoms with van der Waals surface area (Å²) in [6.07, 6.45) is 0. The number of ether oxygens (including phenoxy) is 1. The van der Waals surface area contributed by atoms with Crippen LogP contribution < -0.4 is 5.32 Å². The third kappa shape index (κ3) is 4.78. The van der Waals surface area contributed by atoms with Crippen molar-refractivity contribution >= 4 is 39.1 Å². The fraction of sp³-hybridized carbons (Fsp3) is 0.500. The first-order valence-corrected chi connectivity index (χ1v) is 7.09. The van der Waals surface area contributed by atoms with Gasteiger partial charge in [-0.3, -0.25) is 4.79 Å². The summed E-state index contributed by atoms with van der Waals surface area (Å²) in [5.41, 5.74) is -0.554. The lowest BCUT2D eigenvalue weighted by atomic mass is 10.2. The molecule has 18 heavy (non-hydrogen) atoms. The Balaban J connectivity index is 2.57. The van der Waals surface area contributed by atoms with Crippen LogP contribution in [0.1, 0.15) is 37.4 Å². The normalized spacial score (nSPS) is 12.9. The van der Waals surface area contributed by atoms with Crippen LogP contribution in [0.15, 0.2) is 15.9 Å². The number of rotatable bonds is 3. The van der Waals surface area contributed by atoms with E-state index in [1.165, 1.54) is 11.3 Å². The molecule has 0 saturated heterocycles. The van der Waals surface area contributed by atoms with Crippen LogP contribution in [0, 0.1) is 0 Å². The van der Waals surface area contributed by atoms with Gasteiger partial charge in [0.15, 0.2) is 0 Å². The maximum atomic E-state index is 11.8. The summed E-state index contributed by atoms with van der Waals surface area (Å²) in [7, 11) is 0. The third-order valence-electron chi connectivity index (χ3n) is 1.90. The van der Waals surface area contributed by atoms with Crippen molar-refractivity contribution in [1.82, 2.24) is 5.32 Å². The quantitative estimate of drug-likeness (QED) is 0.865. The van der Waals surface area contributed by atoms with Crippen molar-refractivity contribution in [3.63, 3.8) is 0 Å². The Labute approximate surface area is 119 Å². The average Bonchev–Trinajstić information content (AvgIpc) is 2.62. The van der Waals surface area contributed by atoms with Gasteiger partial charge in [-0.1, -0.05) is 0 Å². The molecule has 1 atom stereocenters. The number of nitrogens with one attached hydrogen (secondary N) is 1. The van der Waals surface area contributed by atoms with Crippen LogP contribution in [0.4, 0.5) is 0 Å². The molecule has 1 aromatic heterocycles. The highest BCUT2D eigenvalue weighted by Crippen LogP contribution is 2.22. The van der Waals surface area contributed by atoms with E-state index in [1.807, 2.05) is 0 Å². The highest BCUT2D eigenvalue weighted by Gasteiger charge is 2.23. The molecule has 1 rings (SSSR count). The number of carbonyl (C=O) groups is 2. The largest absolute Gasteiger partial charge is 0.458 e. The first-order chi connectivity index (χ1) is 8.19. The number of thiophene rings is 1. The van der Waals surface area contributed by atoms with E-state index < -0.39 is 17.6 Å². The van der Waals surface area contributed by atoms with Gasteiger partial charge in [-0.2, -0.15) is 0 Å². The SMILES string of the molecule is C[C@H](NC(=O)c1ccc(Br)s1)C(=O)OC(C)(C)C. The standard InChI is InChI=1S/C12H16BrNO3S/c1-7(11(16)17-12(2,3)4)14-10(15)8-5-6-9(13)18-8/h5-7H,1-4H3,(H,14,15)/t7-/m0/s1. The Morgan fingerprint density at radius 3 is 2.44 bits per heavy atom. The molecule has 6 heteroatoms. The molecule has 0 aliphatic heterocycles. The molecule has 100 valence electrons. The molecule has 1 aromatic rings. The molecule has 0 bridgehead atoms. The highest BCUT2D eigenvalue weighted by atomic mass is 79.9. The molecule has 0 radical (unpaired) electrons. The van der Waals surface area contributed by atoms with Gasteiger partial charge in [-0.25, -0.2) is 4.79 Å². The predicted octanol–water partition coefficient (Wildman–Crippen LogP) is 2.97. The molecule has 0 aliphatic carbocycles. The van der Waals surface area contributed by atoms with Gasteiger partial charge in [0.05, 0.1) is 8.66 Å². The topological polar surface area (TPSA) is 55.4 Å². The molecule has 0 unspecified atom stereocenters. The van der Waals surface area contributed by atoms with E-state index in [-0.39, 0.29) is 5.91 Å². The monoisotopic (exact) mass is 333 g/mol. The Morgan fingerprint density at radius 1 is 1.39 bits per heavy atom. The van der Waals surface area contributed by atoms with Gasteiger partial charge in [-0.05, 0) is 55.8 Å². The molecular formula is C12H16BrNO3S. The molecule has 0 fully saturated rings. The summed E-state index contributed by atoms with van der Waals surface area (Å²) in [6.45, 7) is 6.97. The number of hydrogen-bond donors (Lipinski definition) is 1. The fourth-order valence-electron chi connectivity index (χ4n) is 1.15. The van der Waals surface area contributed by atoms with Crippen molar-refractivity contribution in [2.45, 2.75) is 39.3 Å². The van der Waals surface area contributed by atoms with Gasteiger partial charge in [-0.15, -0.1) is 11.3 Å². The first kappa shape index (κ1) is 15.2. The van der Waals surface area contributed by atoms with Crippen LogP contribution >= 0.6 is 27.3 Å². The second-order valence-electron chi connectivity index (χ2n) is 4.83. The van der Waals surface area contributed by atoms with Gasteiger partial charge in [0, 0.05) is 0 Å². The van der Waals surface area contributed by atoms with E-state index in [0.29, 0.717) is 4.88 Å². The van der Waals surface area contributed by atoms with E-state index in [9.17, 15) is 9.59 Å². The van der Waals surface area contributed by atoms with Gasteiger partial charge in [0.1, 0.15) is 11.6 Å². The zero-order valence-electron chi connectivity index (χ0n) is 10.7. The minimum Gasteiger partial charge on any atom is -0.458 e. The summed E-state index contributed by atoms with van der Waals surface area (Å²) in [6, 6.07) is 2.82. The third-order valence-corrected chi connectivity index (χ3v) is 3.53.